The molecular weight excluding hydrogens is 282 g/mol. The van der Waals surface area contributed by atoms with Gasteiger partial charge in [-0.25, -0.2) is 5.10 Å². The largest absolute Gasteiger partial charge is 0.311 e. The molecule has 1 aliphatic rings. The number of H-pyrrole nitrogens is 1. The molecule has 0 saturated heterocycles. The highest BCUT2D eigenvalue weighted by Gasteiger charge is 2.28. The van der Waals surface area contributed by atoms with Crippen LogP contribution in [0, 0.1) is 0 Å². The molecule has 1 atom stereocenters. The molecule has 7 nitrogen and oxygen atoms in total. The third-order valence-electron chi connectivity index (χ3n) is 3.52. The van der Waals surface area contributed by atoms with Crippen LogP contribution in [-0.4, -0.2) is 31.9 Å². The summed E-state index contributed by atoms with van der Waals surface area (Å²) in [5, 5.41) is 8.87. The van der Waals surface area contributed by atoms with Crippen molar-refractivity contribution in [2.24, 2.45) is 0 Å². The lowest BCUT2D eigenvalue weighted by Gasteiger charge is -2.32. The van der Waals surface area contributed by atoms with Crippen molar-refractivity contribution in [3.63, 3.8) is 0 Å². The number of anilines is 1. The number of hydrogen-bond donors (Lipinski definition) is 2. The Morgan fingerprint density at radius 1 is 1.36 bits per heavy atom. The van der Waals surface area contributed by atoms with Crippen LogP contribution in [0.2, 0.25) is 0 Å². The monoisotopic (exact) mass is 297 g/mol. The molecule has 2 aromatic rings. The summed E-state index contributed by atoms with van der Waals surface area (Å²) in [6, 6.07) is 7.39. The van der Waals surface area contributed by atoms with Gasteiger partial charge in [-0.15, -0.1) is 0 Å². The second-order valence-corrected chi connectivity index (χ2v) is 4.97. The Morgan fingerprint density at radius 2 is 2.18 bits per heavy atom. The smallest absolute Gasteiger partial charge is 0.229 e. The zero-order valence-corrected chi connectivity index (χ0v) is 12.0. The molecule has 1 unspecified atom stereocenters. The summed E-state index contributed by atoms with van der Waals surface area (Å²) in [6.45, 7) is 1.49. The number of aromatic nitrogens is 3. The molecule has 2 N–H and O–H groups in total. The molecule has 7 heteroatoms. The van der Waals surface area contributed by atoms with Gasteiger partial charge in [-0.3, -0.25) is 14.9 Å². The SMILES string of the molecule is CC(=O)N1C=Cc2ccccc2C1CC(=O)Nc1ncn[nH]1. The summed E-state index contributed by atoms with van der Waals surface area (Å²) in [5.41, 5.74) is 1.96. The number of carbonyl (C=O) groups is 2. The number of fused-ring (bicyclic) bond motifs is 1. The third-order valence-corrected chi connectivity index (χ3v) is 3.52. The lowest BCUT2D eigenvalue weighted by Crippen LogP contribution is -2.33. The Balaban J connectivity index is 1.83. The summed E-state index contributed by atoms with van der Waals surface area (Å²) >= 11 is 0. The van der Waals surface area contributed by atoms with E-state index in [0.717, 1.165) is 11.1 Å². The molecule has 0 aliphatic carbocycles. The van der Waals surface area contributed by atoms with E-state index in [1.807, 2.05) is 30.3 Å². The minimum atomic E-state index is -0.332. The van der Waals surface area contributed by atoms with Gasteiger partial charge in [0.1, 0.15) is 6.33 Å². The molecular formula is C15H15N5O2. The number of nitrogens with one attached hydrogen (secondary N) is 2. The van der Waals surface area contributed by atoms with Crippen LogP contribution in [0.3, 0.4) is 0 Å². The number of carbonyl (C=O) groups excluding carboxylic acids is 2. The van der Waals surface area contributed by atoms with Crippen LogP contribution in [0.25, 0.3) is 6.08 Å². The van der Waals surface area contributed by atoms with Crippen LogP contribution in [-0.2, 0) is 9.59 Å². The Hall–Kier alpha value is -2.96. The minimum absolute atomic E-state index is 0.108. The summed E-state index contributed by atoms with van der Waals surface area (Å²) < 4.78 is 0. The highest BCUT2D eigenvalue weighted by molar-refractivity contribution is 5.90. The van der Waals surface area contributed by atoms with Crippen molar-refractivity contribution in [2.75, 3.05) is 5.32 Å². The van der Waals surface area contributed by atoms with Gasteiger partial charge in [0, 0.05) is 13.1 Å². The molecule has 1 aromatic carbocycles. The van der Waals surface area contributed by atoms with E-state index in [9.17, 15) is 9.59 Å². The molecule has 1 aliphatic heterocycles. The molecule has 1 aromatic heterocycles. The minimum Gasteiger partial charge on any atom is -0.311 e. The Labute approximate surface area is 127 Å². The van der Waals surface area contributed by atoms with Crippen molar-refractivity contribution in [3.05, 3.63) is 47.9 Å². The first kappa shape index (κ1) is 14.0. The van der Waals surface area contributed by atoms with E-state index < -0.39 is 0 Å². The van der Waals surface area contributed by atoms with Crippen molar-refractivity contribution < 1.29 is 9.59 Å². The highest BCUT2D eigenvalue weighted by atomic mass is 16.2. The van der Waals surface area contributed by atoms with Crippen molar-refractivity contribution in [3.8, 4) is 0 Å². The van der Waals surface area contributed by atoms with Crippen LogP contribution >= 0.6 is 0 Å². The molecule has 0 bridgehead atoms. The van der Waals surface area contributed by atoms with E-state index in [2.05, 4.69) is 20.5 Å². The lowest BCUT2D eigenvalue weighted by atomic mass is 9.93. The number of amides is 2. The molecule has 2 amide bonds. The zero-order valence-electron chi connectivity index (χ0n) is 12.0. The lowest BCUT2D eigenvalue weighted by molar-refractivity contribution is -0.129. The molecule has 0 spiro atoms. The standard InChI is InChI=1S/C15H15N5O2/c1-10(21)20-7-6-11-4-2-3-5-12(11)13(20)8-14(22)18-15-16-9-17-19-15/h2-7,9,13H,8H2,1H3,(H2,16,17,18,19,22). The van der Waals surface area contributed by atoms with E-state index in [4.69, 9.17) is 0 Å². The van der Waals surface area contributed by atoms with Crippen molar-refractivity contribution in [1.82, 2.24) is 20.1 Å². The Kier molecular flexibility index (Phi) is 3.69. The predicted octanol–water partition coefficient (Wildman–Crippen LogP) is 1.71. The van der Waals surface area contributed by atoms with E-state index >= 15 is 0 Å². The number of hydrogen-bond acceptors (Lipinski definition) is 4. The van der Waals surface area contributed by atoms with Crippen molar-refractivity contribution in [1.29, 1.82) is 0 Å². The van der Waals surface area contributed by atoms with Crippen LogP contribution in [0.4, 0.5) is 5.95 Å². The normalized spacial score (nSPS) is 16.2. The molecule has 2 heterocycles. The van der Waals surface area contributed by atoms with Crippen LogP contribution in [0.5, 0.6) is 0 Å². The van der Waals surface area contributed by atoms with Crippen LogP contribution in [0.15, 0.2) is 36.8 Å². The third kappa shape index (κ3) is 2.73. The van der Waals surface area contributed by atoms with Gasteiger partial charge < -0.3 is 4.90 Å². The van der Waals surface area contributed by atoms with Gasteiger partial charge in [0.05, 0.1) is 12.5 Å². The second-order valence-electron chi connectivity index (χ2n) is 4.97. The van der Waals surface area contributed by atoms with Crippen LogP contribution < -0.4 is 5.32 Å². The topological polar surface area (TPSA) is 91.0 Å². The summed E-state index contributed by atoms with van der Waals surface area (Å²) in [4.78, 5) is 29.5. The fraction of sp³-hybridized carbons (Fsp3) is 0.200. The predicted molar refractivity (Wildman–Crippen MR) is 80.4 cm³/mol. The van der Waals surface area contributed by atoms with E-state index in [-0.39, 0.29) is 24.3 Å². The highest BCUT2D eigenvalue weighted by Crippen LogP contribution is 2.32. The summed E-state index contributed by atoms with van der Waals surface area (Å²) in [7, 11) is 0. The van der Waals surface area contributed by atoms with Crippen molar-refractivity contribution >= 4 is 23.8 Å². The van der Waals surface area contributed by atoms with Gasteiger partial charge in [-0.1, -0.05) is 24.3 Å². The Morgan fingerprint density at radius 3 is 2.91 bits per heavy atom. The first-order valence-electron chi connectivity index (χ1n) is 6.86. The van der Waals surface area contributed by atoms with Gasteiger partial charge in [0.15, 0.2) is 0 Å². The summed E-state index contributed by atoms with van der Waals surface area (Å²) in [6.07, 6.45) is 5.05. The molecule has 3 rings (SSSR count). The van der Waals surface area contributed by atoms with Crippen molar-refractivity contribution in [2.45, 2.75) is 19.4 Å². The quantitative estimate of drug-likeness (QED) is 0.902. The maximum absolute atomic E-state index is 12.2. The molecule has 0 saturated carbocycles. The Bertz CT molecular complexity index is 723. The number of nitrogens with zero attached hydrogens (tertiary/aromatic N) is 3. The molecule has 22 heavy (non-hydrogen) atoms. The van der Waals surface area contributed by atoms with Gasteiger partial charge in [0.2, 0.25) is 17.8 Å². The molecule has 0 radical (unpaired) electrons. The summed E-state index contributed by atoms with van der Waals surface area (Å²) in [5.74, 6) is -0.0552. The average molecular weight is 297 g/mol. The molecule has 0 fully saturated rings. The van der Waals surface area contributed by atoms with Gasteiger partial charge in [-0.2, -0.15) is 10.1 Å². The fourth-order valence-electron chi connectivity index (χ4n) is 2.54. The first-order valence-corrected chi connectivity index (χ1v) is 6.86. The second kappa shape index (κ2) is 5.80. The number of benzene rings is 1. The number of rotatable bonds is 3. The number of aromatic amines is 1. The first-order chi connectivity index (χ1) is 10.6. The fourth-order valence-corrected chi connectivity index (χ4v) is 2.54. The van der Waals surface area contributed by atoms with Gasteiger partial charge in [0.25, 0.3) is 0 Å². The molecule has 112 valence electrons. The zero-order chi connectivity index (χ0) is 15.5. The average Bonchev–Trinajstić information content (AvgIpc) is 3.00. The van der Waals surface area contributed by atoms with E-state index in [0.29, 0.717) is 5.95 Å². The maximum atomic E-state index is 12.2. The van der Waals surface area contributed by atoms with Gasteiger partial charge in [-0.05, 0) is 17.2 Å². The van der Waals surface area contributed by atoms with Crippen LogP contribution in [0.1, 0.15) is 30.5 Å². The van der Waals surface area contributed by atoms with Gasteiger partial charge >= 0.3 is 0 Å². The van der Waals surface area contributed by atoms with E-state index in [1.165, 1.54) is 13.3 Å². The maximum Gasteiger partial charge on any atom is 0.229 e. The van der Waals surface area contributed by atoms with E-state index in [1.54, 1.807) is 11.1 Å².